The summed E-state index contributed by atoms with van der Waals surface area (Å²) in [5.41, 5.74) is 1.41. The van der Waals surface area contributed by atoms with Crippen LogP contribution >= 0.6 is 0 Å². The molecule has 1 fully saturated rings. The van der Waals surface area contributed by atoms with Gasteiger partial charge < -0.3 is 33.2 Å². The SMILES string of the molecule is CCCCOc1ccc(C(=O)N(CCN2CCOCC2)CC(=O)N(Cc2ccc3c(c2)OCO3)Cc2ccco2)cc1. The van der Waals surface area contributed by atoms with E-state index in [1.807, 2.05) is 36.4 Å². The predicted molar refractivity (Wildman–Crippen MR) is 156 cm³/mol. The fourth-order valence-corrected chi connectivity index (χ4v) is 4.90. The van der Waals surface area contributed by atoms with Gasteiger partial charge in [0.05, 0.1) is 32.6 Å². The van der Waals surface area contributed by atoms with Gasteiger partial charge in [0.15, 0.2) is 11.5 Å². The Bertz CT molecular complexity index is 1290. The topological polar surface area (TPSA) is 93.9 Å². The Morgan fingerprint density at radius 2 is 1.76 bits per heavy atom. The molecule has 2 aliphatic rings. The van der Waals surface area contributed by atoms with Crippen molar-refractivity contribution < 1.29 is 33.0 Å². The van der Waals surface area contributed by atoms with Gasteiger partial charge in [0.2, 0.25) is 12.7 Å². The molecule has 0 saturated carbocycles. The van der Waals surface area contributed by atoms with Crippen LogP contribution in [0.25, 0.3) is 0 Å². The Morgan fingerprint density at radius 3 is 2.52 bits per heavy atom. The third-order valence-corrected chi connectivity index (χ3v) is 7.36. The number of hydrogen-bond acceptors (Lipinski definition) is 8. The molecule has 224 valence electrons. The summed E-state index contributed by atoms with van der Waals surface area (Å²) in [5, 5.41) is 0. The van der Waals surface area contributed by atoms with Crippen LogP contribution < -0.4 is 14.2 Å². The van der Waals surface area contributed by atoms with Crippen LogP contribution in [0.4, 0.5) is 0 Å². The number of ether oxygens (including phenoxy) is 4. The molecule has 0 bridgehead atoms. The zero-order chi connectivity index (χ0) is 29.1. The van der Waals surface area contributed by atoms with Gasteiger partial charge in [-0.1, -0.05) is 19.4 Å². The zero-order valence-corrected chi connectivity index (χ0v) is 24.2. The average Bonchev–Trinajstić information content (AvgIpc) is 3.71. The minimum absolute atomic E-state index is 0.0663. The molecule has 2 aliphatic heterocycles. The van der Waals surface area contributed by atoms with Crippen molar-refractivity contribution in [1.82, 2.24) is 14.7 Å². The first kappa shape index (κ1) is 29.5. The van der Waals surface area contributed by atoms with E-state index < -0.39 is 0 Å². The van der Waals surface area contributed by atoms with Crippen LogP contribution in [-0.4, -0.2) is 85.9 Å². The molecule has 42 heavy (non-hydrogen) atoms. The number of carbonyl (C=O) groups is 2. The molecule has 2 amide bonds. The smallest absolute Gasteiger partial charge is 0.254 e. The Hall–Kier alpha value is -4.02. The number of benzene rings is 2. The molecular weight excluding hydrogens is 538 g/mol. The fraction of sp³-hybridized carbons (Fsp3) is 0.438. The third kappa shape index (κ3) is 8.04. The highest BCUT2D eigenvalue weighted by molar-refractivity contribution is 5.96. The summed E-state index contributed by atoms with van der Waals surface area (Å²) in [6.07, 6.45) is 3.61. The third-order valence-electron chi connectivity index (χ3n) is 7.36. The van der Waals surface area contributed by atoms with E-state index in [2.05, 4.69) is 11.8 Å². The van der Waals surface area contributed by atoms with E-state index in [1.54, 1.807) is 34.3 Å². The normalized spacial score (nSPS) is 14.5. The maximum atomic E-state index is 13.9. The van der Waals surface area contributed by atoms with E-state index >= 15 is 0 Å². The number of carbonyl (C=O) groups excluding carboxylic acids is 2. The predicted octanol–water partition coefficient (Wildman–Crippen LogP) is 4.19. The van der Waals surface area contributed by atoms with Gasteiger partial charge in [0.25, 0.3) is 5.91 Å². The lowest BCUT2D eigenvalue weighted by molar-refractivity contribution is -0.133. The van der Waals surface area contributed by atoms with Crippen molar-refractivity contribution >= 4 is 11.8 Å². The maximum Gasteiger partial charge on any atom is 0.254 e. The first-order chi connectivity index (χ1) is 20.6. The summed E-state index contributed by atoms with van der Waals surface area (Å²) in [6.45, 7) is 7.46. The monoisotopic (exact) mass is 577 g/mol. The lowest BCUT2D eigenvalue weighted by Crippen LogP contribution is -2.47. The number of morpholine rings is 1. The van der Waals surface area contributed by atoms with E-state index in [-0.39, 0.29) is 31.7 Å². The van der Waals surface area contributed by atoms with E-state index in [9.17, 15) is 9.59 Å². The Morgan fingerprint density at radius 1 is 0.952 bits per heavy atom. The van der Waals surface area contributed by atoms with Gasteiger partial charge in [-0.25, -0.2) is 0 Å². The largest absolute Gasteiger partial charge is 0.494 e. The van der Waals surface area contributed by atoms with Crippen LogP contribution in [-0.2, 0) is 22.6 Å². The summed E-state index contributed by atoms with van der Waals surface area (Å²) in [6, 6.07) is 16.4. The second kappa shape index (κ2) is 14.7. The van der Waals surface area contributed by atoms with Crippen LogP contribution in [0.15, 0.2) is 65.3 Å². The van der Waals surface area contributed by atoms with Crippen LogP contribution in [0.2, 0.25) is 0 Å². The molecule has 1 aromatic heterocycles. The van der Waals surface area contributed by atoms with Gasteiger partial charge in [0, 0.05) is 38.3 Å². The van der Waals surface area contributed by atoms with Crippen LogP contribution in [0.5, 0.6) is 17.2 Å². The maximum absolute atomic E-state index is 13.9. The van der Waals surface area contributed by atoms with E-state index in [4.69, 9.17) is 23.4 Å². The molecule has 0 atom stereocenters. The summed E-state index contributed by atoms with van der Waals surface area (Å²) in [4.78, 5) is 33.3. The van der Waals surface area contributed by atoms with E-state index in [1.165, 1.54) is 0 Å². The summed E-state index contributed by atoms with van der Waals surface area (Å²) >= 11 is 0. The highest BCUT2D eigenvalue weighted by atomic mass is 16.7. The van der Waals surface area contributed by atoms with E-state index in [0.29, 0.717) is 62.3 Å². The van der Waals surface area contributed by atoms with Crippen LogP contribution in [0.1, 0.15) is 41.4 Å². The minimum Gasteiger partial charge on any atom is -0.494 e. The van der Waals surface area contributed by atoms with Gasteiger partial charge in [-0.2, -0.15) is 0 Å². The summed E-state index contributed by atoms with van der Waals surface area (Å²) in [5.74, 6) is 2.35. The van der Waals surface area contributed by atoms with Crippen molar-refractivity contribution in [3.63, 3.8) is 0 Å². The molecule has 2 aromatic carbocycles. The van der Waals surface area contributed by atoms with Crippen LogP contribution in [0.3, 0.4) is 0 Å². The van der Waals surface area contributed by atoms with Gasteiger partial charge in [-0.05, 0) is 60.5 Å². The van der Waals surface area contributed by atoms with Crippen molar-refractivity contribution in [3.05, 3.63) is 77.7 Å². The Labute approximate surface area is 246 Å². The number of fused-ring (bicyclic) bond motifs is 1. The van der Waals surface area contributed by atoms with E-state index in [0.717, 1.165) is 37.2 Å². The molecule has 1 saturated heterocycles. The number of nitrogens with zero attached hydrogens (tertiary/aromatic N) is 3. The minimum atomic E-state index is -0.197. The molecule has 0 spiro atoms. The lowest BCUT2D eigenvalue weighted by Gasteiger charge is -2.31. The molecule has 0 aliphatic carbocycles. The molecule has 0 N–H and O–H groups in total. The summed E-state index contributed by atoms with van der Waals surface area (Å²) in [7, 11) is 0. The van der Waals surface area contributed by atoms with Crippen molar-refractivity contribution in [2.45, 2.75) is 32.9 Å². The van der Waals surface area contributed by atoms with Crippen molar-refractivity contribution in [3.8, 4) is 17.2 Å². The molecule has 0 radical (unpaired) electrons. The lowest BCUT2D eigenvalue weighted by atomic mass is 10.1. The standard InChI is InChI=1S/C32H39N3O7/c1-2-3-16-39-27-9-7-26(8-10-27)32(37)34(13-12-33-14-18-38-19-15-33)23-31(36)35(22-28-5-4-17-40-28)21-25-6-11-29-30(20-25)42-24-41-29/h4-11,17,20H,2-3,12-16,18-19,21-24H2,1H3. The zero-order valence-electron chi connectivity index (χ0n) is 24.2. The molecule has 3 aromatic rings. The van der Waals surface area contributed by atoms with Gasteiger partial charge >= 0.3 is 0 Å². The summed E-state index contributed by atoms with van der Waals surface area (Å²) < 4.78 is 27.8. The molecule has 0 unspecified atom stereocenters. The number of hydrogen-bond donors (Lipinski definition) is 0. The first-order valence-corrected chi connectivity index (χ1v) is 14.6. The quantitative estimate of drug-likeness (QED) is 0.264. The van der Waals surface area contributed by atoms with Crippen molar-refractivity contribution in [2.24, 2.45) is 0 Å². The molecule has 10 heteroatoms. The fourth-order valence-electron chi connectivity index (χ4n) is 4.90. The second-order valence-electron chi connectivity index (χ2n) is 10.4. The highest BCUT2D eigenvalue weighted by Crippen LogP contribution is 2.33. The van der Waals surface area contributed by atoms with Crippen molar-refractivity contribution in [1.29, 1.82) is 0 Å². The van der Waals surface area contributed by atoms with Crippen molar-refractivity contribution in [2.75, 3.05) is 59.3 Å². The van der Waals surface area contributed by atoms with Gasteiger partial charge in [-0.15, -0.1) is 0 Å². The molecule has 3 heterocycles. The van der Waals surface area contributed by atoms with Gasteiger partial charge in [-0.3, -0.25) is 14.5 Å². The highest BCUT2D eigenvalue weighted by Gasteiger charge is 2.25. The van der Waals surface area contributed by atoms with Crippen LogP contribution in [0, 0.1) is 0 Å². The number of rotatable bonds is 14. The Kier molecular flexibility index (Phi) is 10.3. The Balaban J connectivity index is 1.32. The average molecular weight is 578 g/mol. The molecule has 5 rings (SSSR count). The van der Waals surface area contributed by atoms with Gasteiger partial charge in [0.1, 0.15) is 18.1 Å². The number of amides is 2. The molecule has 10 nitrogen and oxygen atoms in total. The second-order valence-corrected chi connectivity index (χ2v) is 10.4. The number of furan rings is 1. The molecular formula is C32H39N3O7. The number of unbranched alkanes of at least 4 members (excludes halogenated alkanes) is 1. The first-order valence-electron chi connectivity index (χ1n) is 14.6.